The van der Waals surface area contributed by atoms with Crippen LogP contribution in [-0.2, 0) is 6.54 Å². The van der Waals surface area contributed by atoms with Gasteiger partial charge in [0.2, 0.25) is 5.95 Å². The Balaban J connectivity index is 1.85. The highest BCUT2D eigenvalue weighted by atomic mass is 35.5. The molecule has 0 radical (unpaired) electrons. The predicted molar refractivity (Wildman–Crippen MR) is 104 cm³/mol. The van der Waals surface area contributed by atoms with Gasteiger partial charge in [0, 0.05) is 29.9 Å². The zero-order valence-electron chi connectivity index (χ0n) is 14.4. The minimum atomic E-state index is -0.155. The average Bonchev–Trinajstić information content (AvgIpc) is 2.68. The van der Waals surface area contributed by atoms with E-state index in [9.17, 15) is 5.11 Å². The van der Waals surface area contributed by atoms with E-state index < -0.39 is 0 Å². The molecule has 1 atom stereocenters. The largest absolute Gasteiger partial charge is 0.394 e. The molecule has 3 aromatic rings. The Morgan fingerprint density at radius 3 is 2.58 bits per heavy atom. The van der Waals surface area contributed by atoms with Crippen LogP contribution in [0.5, 0.6) is 0 Å². The summed E-state index contributed by atoms with van der Waals surface area (Å²) in [6.07, 6.45) is 1.72. The van der Waals surface area contributed by atoms with Gasteiger partial charge < -0.3 is 15.7 Å². The van der Waals surface area contributed by atoms with Gasteiger partial charge in [0.1, 0.15) is 5.82 Å². The van der Waals surface area contributed by atoms with Crippen molar-refractivity contribution in [3.8, 4) is 11.4 Å². The molecular formula is C19H20ClN5O. The molecule has 0 aliphatic heterocycles. The Hall–Kier alpha value is -2.70. The van der Waals surface area contributed by atoms with Crippen molar-refractivity contribution >= 4 is 23.4 Å². The van der Waals surface area contributed by atoms with E-state index in [-0.39, 0.29) is 12.6 Å². The van der Waals surface area contributed by atoms with Crippen molar-refractivity contribution < 1.29 is 5.11 Å². The van der Waals surface area contributed by atoms with Gasteiger partial charge in [-0.1, -0.05) is 29.8 Å². The third-order valence-electron chi connectivity index (χ3n) is 3.69. The van der Waals surface area contributed by atoms with Gasteiger partial charge in [-0.25, -0.2) is 4.98 Å². The van der Waals surface area contributed by atoms with Crippen molar-refractivity contribution in [2.75, 3.05) is 17.2 Å². The second-order valence-electron chi connectivity index (χ2n) is 5.88. The Morgan fingerprint density at radius 2 is 1.88 bits per heavy atom. The van der Waals surface area contributed by atoms with E-state index in [0.717, 1.165) is 11.3 Å². The highest BCUT2D eigenvalue weighted by Crippen LogP contribution is 2.20. The molecule has 26 heavy (non-hydrogen) atoms. The smallest absolute Gasteiger partial charge is 0.225 e. The van der Waals surface area contributed by atoms with Gasteiger partial charge in [-0.2, -0.15) is 4.98 Å². The summed E-state index contributed by atoms with van der Waals surface area (Å²) >= 11 is 5.92. The van der Waals surface area contributed by atoms with Crippen LogP contribution in [-0.4, -0.2) is 32.7 Å². The summed E-state index contributed by atoms with van der Waals surface area (Å²) in [5.74, 6) is 1.11. The molecule has 1 aromatic carbocycles. The lowest BCUT2D eigenvalue weighted by Crippen LogP contribution is -2.21. The molecule has 2 heterocycles. The van der Waals surface area contributed by atoms with Crippen LogP contribution < -0.4 is 10.6 Å². The number of hydrogen-bond donors (Lipinski definition) is 3. The monoisotopic (exact) mass is 369 g/mol. The van der Waals surface area contributed by atoms with E-state index in [1.54, 1.807) is 6.20 Å². The van der Waals surface area contributed by atoms with Gasteiger partial charge in [0.25, 0.3) is 0 Å². The standard InChI is InChI=1S/C19H20ClN5O/c1-13(12-26)23-19-24-17(16-4-2-3-9-21-16)10-18(25-19)22-11-14-5-7-15(20)8-6-14/h2-10,13,26H,11-12H2,1H3,(H2,22,23,24,25)/t13-/m1/s1. The third kappa shape index (κ3) is 4.91. The Kier molecular flexibility index (Phi) is 5.99. The van der Waals surface area contributed by atoms with Crippen LogP contribution in [0.1, 0.15) is 12.5 Å². The summed E-state index contributed by atoms with van der Waals surface area (Å²) in [4.78, 5) is 13.3. The number of aliphatic hydroxyl groups is 1. The molecule has 0 fully saturated rings. The van der Waals surface area contributed by atoms with Crippen LogP contribution in [0.15, 0.2) is 54.7 Å². The fraction of sp³-hybridized carbons (Fsp3) is 0.211. The van der Waals surface area contributed by atoms with E-state index in [1.807, 2.05) is 55.5 Å². The van der Waals surface area contributed by atoms with Crippen molar-refractivity contribution in [3.63, 3.8) is 0 Å². The van der Waals surface area contributed by atoms with Crippen molar-refractivity contribution in [1.29, 1.82) is 0 Å². The molecule has 0 aliphatic rings. The number of nitrogens with zero attached hydrogens (tertiary/aromatic N) is 3. The number of halogens is 1. The highest BCUT2D eigenvalue weighted by Gasteiger charge is 2.10. The second kappa shape index (κ2) is 8.60. The van der Waals surface area contributed by atoms with Crippen LogP contribution in [0.3, 0.4) is 0 Å². The van der Waals surface area contributed by atoms with Crippen molar-refractivity contribution in [2.45, 2.75) is 19.5 Å². The predicted octanol–water partition coefficient (Wildman–Crippen LogP) is 3.60. The number of aromatic nitrogens is 3. The fourth-order valence-corrected chi connectivity index (χ4v) is 2.43. The number of benzene rings is 1. The molecule has 2 aromatic heterocycles. The summed E-state index contributed by atoms with van der Waals surface area (Å²) in [5, 5.41) is 16.4. The van der Waals surface area contributed by atoms with Gasteiger partial charge in [-0.15, -0.1) is 0 Å². The highest BCUT2D eigenvalue weighted by molar-refractivity contribution is 6.30. The number of pyridine rings is 1. The maximum atomic E-state index is 9.27. The first-order valence-corrected chi connectivity index (χ1v) is 8.68. The van der Waals surface area contributed by atoms with Crippen LogP contribution >= 0.6 is 11.6 Å². The van der Waals surface area contributed by atoms with E-state index in [1.165, 1.54) is 0 Å². The van der Waals surface area contributed by atoms with Gasteiger partial charge in [-0.05, 0) is 36.8 Å². The third-order valence-corrected chi connectivity index (χ3v) is 3.94. The Morgan fingerprint density at radius 1 is 1.08 bits per heavy atom. The SMILES string of the molecule is C[C@H](CO)Nc1nc(NCc2ccc(Cl)cc2)cc(-c2ccccn2)n1. The first-order chi connectivity index (χ1) is 12.6. The second-order valence-corrected chi connectivity index (χ2v) is 6.32. The van der Waals surface area contributed by atoms with Crippen molar-refractivity contribution in [3.05, 3.63) is 65.3 Å². The molecule has 7 heteroatoms. The van der Waals surface area contributed by atoms with Crippen molar-refractivity contribution in [1.82, 2.24) is 15.0 Å². The van der Waals surface area contributed by atoms with E-state index >= 15 is 0 Å². The molecule has 0 bridgehead atoms. The Bertz CT molecular complexity index is 842. The minimum Gasteiger partial charge on any atom is -0.394 e. The first-order valence-electron chi connectivity index (χ1n) is 8.30. The molecule has 0 saturated heterocycles. The molecule has 3 N–H and O–H groups in total. The maximum absolute atomic E-state index is 9.27. The summed E-state index contributed by atoms with van der Waals surface area (Å²) in [5.41, 5.74) is 2.54. The zero-order valence-corrected chi connectivity index (χ0v) is 15.1. The van der Waals surface area contributed by atoms with Crippen molar-refractivity contribution in [2.24, 2.45) is 0 Å². The molecule has 3 rings (SSSR count). The number of rotatable bonds is 7. The summed E-state index contributed by atoms with van der Waals surface area (Å²) < 4.78 is 0. The number of hydrogen-bond acceptors (Lipinski definition) is 6. The van der Waals surface area contributed by atoms with Gasteiger partial charge in [0.15, 0.2) is 0 Å². The molecule has 134 valence electrons. The summed E-state index contributed by atoms with van der Waals surface area (Å²) in [6, 6.07) is 15.0. The van der Waals surface area contributed by atoms with Crippen LogP contribution in [0.25, 0.3) is 11.4 Å². The number of nitrogens with one attached hydrogen (secondary N) is 2. The molecule has 0 aliphatic carbocycles. The fourth-order valence-electron chi connectivity index (χ4n) is 2.31. The number of anilines is 2. The minimum absolute atomic E-state index is 0.00922. The molecule has 0 spiro atoms. The van der Waals surface area contributed by atoms with E-state index in [0.29, 0.717) is 29.0 Å². The summed E-state index contributed by atoms with van der Waals surface area (Å²) in [6.45, 7) is 2.45. The molecule has 0 saturated carbocycles. The molecule has 6 nitrogen and oxygen atoms in total. The molecule has 0 unspecified atom stereocenters. The lowest BCUT2D eigenvalue weighted by atomic mass is 10.2. The normalized spacial score (nSPS) is 11.8. The average molecular weight is 370 g/mol. The van der Waals surface area contributed by atoms with Gasteiger partial charge in [0.05, 0.1) is 18.0 Å². The number of aliphatic hydroxyl groups excluding tert-OH is 1. The Labute approximate surface area is 157 Å². The first kappa shape index (κ1) is 18.1. The molecular weight excluding hydrogens is 350 g/mol. The quantitative estimate of drug-likeness (QED) is 0.590. The maximum Gasteiger partial charge on any atom is 0.225 e. The zero-order chi connectivity index (χ0) is 18.4. The van der Waals surface area contributed by atoms with Gasteiger partial charge >= 0.3 is 0 Å². The van der Waals surface area contributed by atoms with Crippen LogP contribution in [0.2, 0.25) is 5.02 Å². The van der Waals surface area contributed by atoms with E-state index in [2.05, 4.69) is 25.6 Å². The summed E-state index contributed by atoms with van der Waals surface area (Å²) in [7, 11) is 0. The van der Waals surface area contributed by atoms with Crippen LogP contribution in [0.4, 0.5) is 11.8 Å². The lowest BCUT2D eigenvalue weighted by molar-refractivity contribution is 0.281. The van der Waals surface area contributed by atoms with Gasteiger partial charge in [-0.3, -0.25) is 4.98 Å². The van der Waals surface area contributed by atoms with Crippen LogP contribution in [0, 0.1) is 0 Å². The van der Waals surface area contributed by atoms with E-state index in [4.69, 9.17) is 11.6 Å². The lowest BCUT2D eigenvalue weighted by Gasteiger charge is -2.14. The molecule has 0 amide bonds. The topological polar surface area (TPSA) is 83.0 Å².